The minimum atomic E-state index is -0.228. The third kappa shape index (κ3) is 2.52. The maximum Gasteiger partial charge on any atom is 0.123 e. The maximum atomic E-state index is 13.2. The summed E-state index contributed by atoms with van der Waals surface area (Å²) >= 11 is 9.03. The Labute approximate surface area is 122 Å². The molecule has 2 heterocycles. The number of nitrogens with one attached hydrogen (secondary N) is 1. The number of rotatable bonds is 3. The first-order valence-corrected chi connectivity index (χ1v) is 7.59. The summed E-state index contributed by atoms with van der Waals surface area (Å²) in [5, 5.41) is 0.892. The van der Waals surface area contributed by atoms with Crippen molar-refractivity contribution < 1.29 is 4.39 Å². The number of hydrazine groups is 1. The van der Waals surface area contributed by atoms with Crippen LogP contribution in [0, 0.1) is 5.82 Å². The van der Waals surface area contributed by atoms with Crippen LogP contribution < -0.4 is 11.3 Å². The van der Waals surface area contributed by atoms with Crippen LogP contribution in [0.25, 0.3) is 10.1 Å². The Morgan fingerprint density at radius 1 is 1.11 bits per heavy atom. The van der Waals surface area contributed by atoms with Crippen LogP contribution in [0.2, 0.25) is 4.34 Å². The molecule has 0 aliphatic rings. The van der Waals surface area contributed by atoms with Gasteiger partial charge in [0.1, 0.15) is 5.82 Å². The van der Waals surface area contributed by atoms with E-state index in [1.54, 1.807) is 17.4 Å². The average molecular weight is 313 g/mol. The SMILES string of the molecule is NNC(c1ccc(Cl)s1)c1cc2cc(F)ccc2s1. The monoisotopic (exact) mass is 312 g/mol. The summed E-state index contributed by atoms with van der Waals surface area (Å²) in [5.74, 6) is 5.42. The molecule has 0 amide bonds. The number of hydrogen-bond donors (Lipinski definition) is 2. The first-order valence-electron chi connectivity index (χ1n) is 5.58. The molecule has 2 aromatic heterocycles. The van der Waals surface area contributed by atoms with E-state index in [1.807, 2.05) is 18.2 Å². The Bertz CT molecular complexity index is 722. The van der Waals surface area contributed by atoms with Crippen LogP contribution in [-0.2, 0) is 0 Å². The van der Waals surface area contributed by atoms with E-state index in [9.17, 15) is 4.39 Å². The topological polar surface area (TPSA) is 38.0 Å². The van der Waals surface area contributed by atoms with Gasteiger partial charge in [-0.1, -0.05) is 11.6 Å². The molecule has 0 aliphatic heterocycles. The Morgan fingerprint density at radius 2 is 1.95 bits per heavy atom. The van der Waals surface area contributed by atoms with Crippen molar-refractivity contribution in [1.82, 2.24) is 5.43 Å². The van der Waals surface area contributed by atoms with Crippen molar-refractivity contribution in [1.29, 1.82) is 0 Å². The minimum absolute atomic E-state index is 0.113. The number of hydrogen-bond acceptors (Lipinski definition) is 4. The molecule has 0 spiro atoms. The van der Waals surface area contributed by atoms with Gasteiger partial charge >= 0.3 is 0 Å². The number of thiophene rings is 2. The van der Waals surface area contributed by atoms with Gasteiger partial charge in [-0.15, -0.1) is 22.7 Å². The van der Waals surface area contributed by atoms with E-state index in [0.29, 0.717) is 0 Å². The summed E-state index contributed by atoms with van der Waals surface area (Å²) in [5.41, 5.74) is 2.79. The highest BCUT2D eigenvalue weighted by Crippen LogP contribution is 2.36. The molecular formula is C13H10ClFN2S2. The molecule has 3 aromatic rings. The van der Waals surface area contributed by atoms with Crippen molar-refractivity contribution in [2.24, 2.45) is 5.84 Å². The largest absolute Gasteiger partial charge is 0.271 e. The summed E-state index contributed by atoms with van der Waals surface area (Å²) in [6.45, 7) is 0. The molecule has 1 unspecified atom stereocenters. The molecule has 0 saturated heterocycles. The smallest absolute Gasteiger partial charge is 0.123 e. The third-order valence-corrected chi connectivity index (χ3v) is 5.30. The van der Waals surface area contributed by atoms with Crippen molar-refractivity contribution in [3.8, 4) is 0 Å². The van der Waals surface area contributed by atoms with Crippen LogP contribution in [-0.4, -0.2) is 0 Å². The summed E-state index contributed by atoms with van der Waals surface area (Å²) in [4.78, 5) is 2.08. The van der Waals surface area contributed by atoms with Gasteiger partial charge in [0, 0.05) is 14.5 Å². The van der Waals surface area contributed by atoms with Crippen LogP contribution in [0.1, 0.15) is 15.8 Å². The molecule has 0 saturated carbocycles. The molecule has 98 valence electrons. The summed E-state index contributed by atoms with van der Waals surface area (Å²) in [7, 11) is 0. The van der Waals surface area contributed by atoms with Crippen molar-refractivity contribution in [3.05, 3.63) is 56.3 Å². The number of halogens is 2. The Morgan fingerprint density at radius 3 is 2.63 bits per heavy atom. The first kappa shape index (κ1) is 13.0. The predicted octanol–water partition coefficient (Wildman–Crippen LogP) is 4.31. The fourth-order valence-electron chi connectivity index (χ4n) is 1.96. The summed E-state index contributed by atoms with van der Waals surface area (Å²) < 4.78 is 15.0. The summed E-state index contributed by atoms with van der Waals surface area (Å²) in [6, 6.07) is 10.4. The molecular weight excluding hydrogens is 303 g/mol. The van der Waals surface area contributed by atoms with Gasteiger partial charge < -0.3 is 0 Å². The zero-order valence-corrected chi connectivity index (χ0v) is 12.1. The van der Waals surface area contributed by atoms with E-state index >= 15 is 0 Å². The second-order valence-corrected chi connectivity index (χ2v) is 6.93. The second-order valence-electron chi connectivity index (χ2n) is 4.07. The molecule has 6 heteroatoms. The quantitative estimate of drug-likeness (QED) is 0.559. The van der Waals surface area contributed by atoms with Gasteiger partial charge in [0.05, 0.1) is 10.4 Å². The van der Waals surface area contributed by atoms with Gasteiger partial charge in [0.15, 0.2) is 0 Å². The van der Waals surface area contributed by atoms with Crippen molar-refractivity contribution in [3.63, 3.8) is 0 Å². The predicted molar refractivity (Wildman–Crippen MR) is 80.3 cm³/mol. The lowest BCUT2D eigenvalue weighted by atomic mass is 10.2. The Hall–Kier alpha value is -0.980. The molecule has 3 rings (SSSR count). The molecule has 0 bridgehead atoms. The molecule has 0 fully saturated rings. The highest BCUT2D eigenvalue weighted by molar-refractivity contribution is 7.19. The van der Waals surface area contributed by atoms with Gasteiger partial charge in [-0.05, 0) is 41.8 Å². The number of benzene rings is 1. The Kier molecular flexibility index (Phi) is 3.56. The van der Waals surface area contributed by atoms with Crippen LogP contribution in [0.4, 0.5) is 4.39 Å². The van der Waals surface area contributed by atoms with E-state index in [0.717, 1.165) is 24.2 Å². The lowest BCUT2D eigenvalue weighted by molar-refractivity contribution is 0.630. The van der Waals surface area contributed by atoms with Crippen molar-refractivity contribution in [2.75, 3.05) is 0 Å². The Balaban J connectivity index is 2.06. The number of nitrogens with two attached hydrogens (primary N) is 1. The van der Waals surface area contributed by atoms with E-state index in [4.69, 9.17) is 17.4 Å². The molecule has 19 heavy (non-hydrogen) atoms. The first-order chi connectivity index (χ1) is 9.17. The average Bonchev–Trinajstić information content (AvgIpc) is 2.96. The zero-order chi connectivity index (χ0) is 13.4. The maximum absolute atomic E-state index is 13.2. The fourth-order valence-corrected chi connectivity index (χ4v) is 4.30. The van der Waals surface area contributed by atoms with Crippen LogP contribution in [0.3, 0.4) is 0 Å². The number of fused-ring (bicyclic) bond motifs is 1. The minimum Gasteiger partial charge on any atom is -0.271 e. The molecule has 0 aliphatic carbocycles. The zero-order valence-electron chi connectivity index (χ0n) is 9.69. The molecule has 2 nitrogen and oxygen atoms in total. The van der Waals surface area contributed by atoms with Crippen LogP contribution in [0.5, 0.6) is 0 Å². The van der Waals surface area contributed by atoms with Gasteiger partial charge in [-0.3, -0.25) is 5.84 Å². The molecule has 1 atom stereocenters. The third-order valence-electron chi connectivity index (χ3n) is 2.83. The highest BCUT2D eigenvalue weighted by Gasteiger charge is 2.17. The normalized spacial score (nSPS) is 13.0. The van der Waals surface area contributed by atoms with E-state index < -0.39 is 0 Å². The lowest BCUT2D eigenvalue weighted by Gasteiger charge is -2.11. The van der Waals surface area contributed by atoms with Gasteiger partial charge in [-0.2, -0.15) is 0 Å². The summed E-state index contributed by atoms with van der Waals surface area (Å²) in [6.07, 6.45) is 0. The van der Waals surface area contributed by atoms with Gasteiger partial charge in [0.2, 0.25) is 0 Å². The molecule has 1 aromatic carbocycles. The fraction of sp³-hybridized carbons (Fsp3) is 0.0769. The van der Waals surface area contributed by atoms with Crippen molar-refractivity contribution >= 4 is 44.4 Å². The van der Waals surface area contributed by atoms with E-state index in [-0.39, 0.29) is 11.9 Å². The van der Waals surface area contributed by atoms with E-state index in [2.05, 4.69) is 5.43 Å². The van der Waals surface area contributed by atoms with Crippen LogP contribution in [0.15, 0.2) is 36.4 Å². The van der Waals surface area contributed by atoms with Crippen molar-refractivity contribution in [2.45, 2.75) is 6.04 Å². The lowest BCUT2D eigenvalue weighted by Crippen LogP contribution is -2.27. The van der Waals surface area contributed by atoms with Gasteiger partial charge in [0.25, 0.3) is 0 Å². The van der Waals surface area contributed by atoms with Crippen LogP contribution >= 0.6 is 34.3 Å². The van der Waals surface area contributed by atoms with E-state index in [1.165, 1.54) is 23.5 Å². The second kappa shape index (κ2) is 5.19. The standard InChI is InChI=1S/C13H10ClFN2S2/c14-12-4-3-10(19-12)13(17-16)11-6-7-5-8(15)1-2-9(7)18-11/h1-6,13,17H,16H2. The molecule has 3 N–H and O–H groups in total. The molecule has 0 radical (unpaired) electrons. The van der Waals surface area contributed by atoms with Gasteiger partial charge in [-0.25, -0.2) is 9.82 Å². The highest BCUT2D eigenvalue weighted by atomic mass is 35.5.